The first-order valence-corrected chi connectivity index (χ1v) is 6.16. The molecule has 2 nitrogen and oxygen atoms in total. The van der Waals surface area contributed by atoms with Crippen molar-refractivity contribution in [3.05, 3.63) is 35.8 Å². The van der Waals surface area contributed by atoms with Crippen LogP contribution in [0.25, 0.3) is 0 Å². The third kappa shape index (κ3) is 2.38. The first-order chi connectivity index (χ1) is 7.71. The molecule has 0 saturated carbocycles. The minimum absolute atomic E-state index is 0.857. The van der Waals surface area contributed by atoms with Crippen LogP contribution in [0.2, 0.25) is 0 Å². The molecule has 1 N–H and O–H groups in total. The summed E-state index contributed by atoms with van der Waals surface area (Å²) >= 11 is 0. The highest BCUT2D eigenvalue weighted by Crippen LogP contribution is 2.34. The highest BCUT2D eigenvalue weighted by Gasteiger charge is 2.28. The van der Waals surface area contributed by atoms with E-state index in [1.54, 1.807) is 12.5 Å². The summed E-state index contributed by atoms with van der Waals surface area (Å²) < 4.78 is 5.06. The topological polar surface area (TPSA) is 33.4 Å². The zero-order valence-electron chi connectivity index (χ0n) is 9.91. The van der Waals surface area contributed by atoms with Gasteiger partial charge in [-0.15, -0.1) is 0 Å². The van der Waals surface area contributed by atoms with Crippen LogP contribution in [-0.2, 0) is 5.60 Å². The van der Waals surface area contributed by atoms with E-state index in [4.69, 9.17) is 4.42 Å². The quantitative estimate of drug-likeness (QED) is 0.770. The highest BCUT2D eigenvalue weighted by atomic mass is 16.3. The van der Waals surface area contributed by atoms with E-state index in [0.717, 1.165) is 24.0 Å². The van der Waals surface area contributed by atoms with Crippen molar-refractivity contribution in [2.75, 3.05) is 0 Å². The second-order valence-corrected chi connectivity index (χ2v) is 4.77. The Hall–Kier alpha value is -1.02. The maximum atomic E-state index is 10.6. The molecule has 0 fully saturated rings. The monoisotopic (exact) mass is 220 g/mol. The predicted molar refractivity (Wildman–Crippen MR) is 64.1 cm³/mol. The normalized spacial score (nSPS) is 25.0. The summed E-state index contributed by atoms with van der Waals surface area (Å²) in [5, 5.41) is 10.6. The van der Waals surface area contributed by atoms with Gasteiger partial charge < -0.3 is 9.52 Å². The van der Waals surface area contributed by atoms with Gasteiger partial charge in [0.2, 0.25) is 0 Å². The molecule has 1 aromatic rings. The van der Waals surface area contributed by atoms with Crippen molar-refractivity contribution < 1.29 is 9.52 Å². The highest BCUT2D eigenvalue weighted by molar-refractivity contribution is 5.29. The maximum absolute atomic E-state index is 10.6. The van der Waals surface area contributed by atoms with Gasteiger partial charge in [0.25, 0.3) is 0 Å². The molecule has 16 heavy (non-hydrogen) atoms. The largest absolute Gasteiger partial charge is 0.472 e. The molecule has 1 aliphatic carbocycles. The minimum atomic E-state index is -0.857. The van der Waals surface area contributed by atoms with Gasteiger partial charge in [-0.05, 0) is 44.2 Å². The maximum Gasteiger partial charge on any atom is 0.111 e. The average Bonchev–Trinajstić information content (AvgIpc) is 2.68. The lowest BCUT2D eigenvalue weighted by Gasteiger charge is -2.27. The number of aliphatic hydroxyl groups is 1. The van der Waals surface area contributed by atoms with E-state index in [1.807, 2.05) is 13.0 Å². The van der Waals surface area contributed by atoms with Crippen molar-refractivity contribution in [3.63, 3.8) is 0 Å². The van der Waals surface area contributed by atoms with Crippen LogP contribution < -0.4 is 0 Å². The van der Waals surface area contributed by atoms with Crippen LogP contribution in [0.1, 0.15) is 51.0 Å². The molecule has 0 aliphatic heterocycles. The Morgan fingerprint density at radius 1 is 1.25 bits per heavy atom. The van der Waals surface area contributed by atoms with Crippen LogP contribution in [0.5, 0.6) is 0 Å². The van der Waals surface area contributed by atoms with Crippen LogP contribution in [-0.4, -0.2) is 5.11 Å². The SMILES string of the molecule is CC(O)(/C1=C/CCCCCC1)c1ccoc1. The summed E-state index contributed by atoms with van der Waals surface area (Å²) in [4.78, 5) is 0. The minimum Gasteiger partial charge on any atom is -0.472 e. The van der Waals surface area contributed by atoms with E-state index in [1.165, 1.54) is 25.7 Å². The second kappa shape index (κ2) is 4.88. The summed E-state index contributed by atoms with van der Waals surface area (Å²) in [7, 11) is 0. The molecule has 0 aromatic carbocycles. The first-order valence-electron chi connectivity index (χ1n) is 6.16. The van der Waals surface area contributed by atoms with Crippen LogP contribution in [0.4, 0.5) is 0 Å². The van der Waals surface area contributed by atoms with Gasteiger partial charge in [0.1, 0.15) is 5.60 Å². The zero-order chi connectivity index (χ0) is 11.4. The van der Waals surface area contributed by atoms with E-state index in [9.17, 15) is 5.11 Å². The molecular formula is C14H20O2. The smallest absolute Gasteiger partial charge is 0.111 e. The second-order valence-electron chi connectivity index (χ2n) is 4.77. The van der Waals surface area contributed by atoms with Gasteiger partial charge in [0, 0.05) is 5.56 Å². The Kier molecular flexibility index (Phi) is 3.49. The summed E-state index contributed by atoms with van der Waals surface area (Å²) in [6.45, 7) is 1.87. The number of furan rings is 1. The fraction of sp³-hybridized carbons (Fsp3) is 0.571. The van der Waals surface area contributed by atoms with Crippen molar-refractivity contribution >= 4 is 0 Å². The number of allylic oxidation sites excluding steroid dienone is 1. The Balaban J connectivity index is 2.21. The van der Waals surface area contributed by atoms with Gasteiger partial charge in [0.15, 0.2) is 0 Å². The molecule has 2 heteroatoms. The summed E-state index contributed by atoms with van der Waals surface area (Å²) in [5.41, 5.74) is 1.15. The predicted octanol–water partition coefficient (Wildman–Crippen LogP) is 3.77. The molecule has 1 aromatic heterocycles. The van der Waals surface area contributed by atoms with E-state index in [0.29, 0.717) is 0 Å². The Labute approximate surface area is 97.0 Å². The molecule has 0 radical (unpaired) electrons. The standard InChI is InChI=1S/C14H20O2/c1-14(15,13-9-10-16-11-13)12-7-5-3-2-4-6-8-12/h7,9-11,15H,2-6,8H2,1H3/b12-7+. The van der Waals surface area contributed by atoms with Crippen molar-refractivity contribution in [3.8, 4) is 0 Å². The molecule has 0 saturated heterocycles. The van der Waals surface area contributed by atoms with Crippen LogP contribution >= 0.6 is 0 Å². The van der Waals surface area contributed by atoms with Crippen molar-refractivity contribution in [1.82, 2.24) is 0 Å². The third-order valence-corrected chi connectivity index (χ3v) is 3.50. The molecule has 2 rings (SSSR count). The number of hydrogen-bond acceptors (Lipinski definition) is 2. The molecule has 1 atom stereocenters. The molecule has 1 aliphatic rings. The lowest BCUT2D eigenvalue weighted by molar-refractivity contribution is 0.0915. The first kappa shape index (κ1) is 11.5. The fourth-order valence-electron chi connectivity index (χ4n) is 2.36. The molecular weight excluding hydrogens is 200 g/mol. The fourth-order valence-corrected chi connectivity index (χ4v) is 2.36. The summed E-state index contributed by atoms with van der Waals surface area (Å²) in [6, 6.07) is 1.85. The van der Waals surface area contributed by atoms with Crippen LogP contribution in [0, 0.1) is 0 Å². The van der Waals surface area contributed by atoms with Crippen molar-refractivity contribution in [2.45, 2.75) is 51.0 Å². The van der Waals surface area contributed by atoms with Crippen molar-refractivity contribution in [2.24, 2.45) is 0 Å². The zero-order valence-corrected chi connectivity index (χ0v) is 9.91. The molecule has 0 bridgehead atoms. The summed E-state index contributed by atoms with van der Waals surface area (Å²) in [6.07, 6.45) is 12.6. The third-order valence-electron chi connectivity index (χ3n) is 3.50. The van der Waals surface area contributed by atoms with Gasteiger partial charge in [0.05, 0.1) is 12.5 Å². The molecule has 0 spiro atoms. The lowest BCUT2D eigenvalue weighted by Crippen LogP contribution is -2.24. The van der Waals surface area contributed by atoms with Gasteiger partial charge >= 0.3 is 0 Å². The molecule has 1 heterocycles. The Morgan fingerprint density at radius 3 is 2.81 bits per heavy atom. The van der Waals surface area contributed by atoms with Crippen LogP contribution in [0.3, 0.4) is 0 Å². The van der Waals surface area contributed by atoms with E-state index < -0.39 is 5.60 Å². The van der Waals surface area contributed by atoms with Crippen LogP contribution in [0.15, 0.2) is 34.7 Å². The Bertz CT molecular complexity index is 347. The van der Waals surface area contributed by atoms with E-state index in [-0.39, 0.29) is 0 Å². The van der Waals surface area contributed by atoms with E-state index >= 15 is 0 Å². The van der Waals surface area contributed by atoms with Gasteiger partial charge in [-0.2, -0.15) is 0 Å². The average molecular weight is 220 g/mol. The molecule has 1 unspecified atom stereocenters. The van der Waals surface area contributed by atoms with E-state index in [2.05, 4.69) is 6.08 Å². The molecule has 88 valence electrons. The summed E-state index contributed by atoms with van der Waals surface area (Å²) in [5.74, 6) is 0. The number of hydrogen-bond donors (Lipinski definition) is 1. The van der Waals surface area contributed by atoms with Crippen molar-refractivity contribution in [1.29, 1.82) is 0 Å². The Morgan fingerprint density at radius 2 is 2.06 bits per heavy atom. The number of rotatable bonds is 2. The van der Waals surface area contributed by atoms with Gasteiger partial charge in [-0.3, -0.25) is 0 Å². The molecule has 0 amide bonds. The van der Waals surface area contributed by atoms with Gasteiger partial charge in [-0.1, -0.05) is 18.9 Å². The van der Waals surface area contributed by atoms with Gasteiger partial charge in [-0.25, -0.2) is 0 Å². The lowest BCUT2D eigenvalue weighted by atomic mass is 9.84.